The zero-order valence-electron chi connectivity index (χ0n) is 15.6. The molecule has 142 valence electrons. The zero-order chi connectivity index (χ0) is 19.9. The van der Waals surface area contributed by atoms with Crippen molar-refractivity contribution in [2.45, 2.75) is 6.92 Å². The molecule has 3 rings (SSSR count). The molecule has 4 N–H and O–H groups in total. The summed E-state index contributed by atoms with van der Waals surface area (Å²) in [6, 6.07) is 18.0. The van der Waals surface area contributed by atoms with E-state index in [1.165, 1.54) is 6.20 Å². The van der Waals surface area contributed by atoms with E-state index in [9.17, 15) is 9.59 Å². The molecule has 1 aromatic heterocycles. The fraction of sp³-hybridized carbons (Fsp3) is 0.0952. The second kappa shape index (κ2) is 8.68. The number of urea groups is 1. The molecule has 3 aromatic rings. The first-order valence-electron chi connectivity index (χ1n) is 8.74. The Hall–Kier alpha value is -3.87. The molecule has 7 heteroatoms. The Bertz CT molecular complexity index is 989. The molecule has 0 aliphatic carbocycles. The third-order valence-electron chi connectivity index (χ3n) is 4.06. The third kappa shape index (κ3) is 4.64. The SMILES string of the molecule is CNC(=O)c1cnc(NC(=O)Nc2ccccc2)cc1Nc1ccccc1C. The largest absolute Gasteiger partial charge is 0.355 e. The fourth-order valence-electron chi connectivity index (χ4n) is 2.60. The molecule has 28 heavy (non-hydrogen) atoms. The number of anilines is 4. The average Bonchev–Trinajstić information content (AvgIpc) is 2.70. The number of hydrogen-bond donors (Lipinski definition) is 4. The van der Waals surface area contributed by atoms with Crippen molar-refractivity contribution in [3.63, 3.8) is 0 Å². The van der Waals surface area contributed by atoms with Gasteiger partial charge in [-0.25, -0.2) is 9.78 Å². The van der Waals surface area contributed by atoms with E-state index in [4.69, 9.17) is 0 Å². The first kappa shape index (κ1) is 18.9. The minimum absolute atomic E-state index is 0.274. The van der Waals surface area contributed by atoms with Crippen LogP contribution in [-0.2, 0) is 0 Å². The zero-order valence-corrected chi connectivity index (χ0v) is 15.6. The highest BCUT2D eigenvalue weighted by Crippen LogP contribution is 2.25. The highest BCUT2D eigenvalue weighted by Gasteiger charge is 2.14. The van der Waals surface area contributed by atoms with Crippen LogP contribution in [0.25, 0.3) is 0 Å². The van der Waals surface area contributed by atoms with Crippen molar-refractivity contribution in [1.29, 1.82) is 0 Å². The number of amides is 3. The number of pyridine rings is 1. The van der Waals surface area contributed by atoms with Gasteiger partial charge < -0.3 is 16.0 Å². The van der Waals surface area contributed by atoms with E-state index < -0.39 is 6.03 Å². The van der Waals surface area contributed by atoms with E-state index in [1.807, 2.05) is 49.4 Å². The summed E-state index contributed by atoms with van der Waals surface area (Å²) in [4.78, 5) is 28.6. The Balaban J connectivity index is 1.84. The lowest BCUT2D eigenvalue weighted by Gasteiger charge is -2.15. The highest BCUT2D eigenvalue weighted by atomic mass is 16.2. The van der Waals surface area contributed by atoms with Crippen LogP contribution in [0.1, 0.15) is 15.9 Å². The van der Waals surface area contributed by atoms with Crippen molar-refractivity contribution in [3.05, 3.63) is 78.0 Å². The van der Waals surface area contributed by atoms with Gasteiger partial charge in [0.1, 0.15) is 5.82 Å². The molecule has 0 spiro atoms. The molecule has 2 aromatic carbocycles. The minimum Gasteiger partial charge on any atom is -0.355 e. The van der Waals surface area contributed by atoms with Gasteiger partial charge in [-0.3, -0.25) is 10.1 Å². The van der Waals surface area contributed by atoms with Gasteiger partial charge in [0.2, 0.25) is 0 Å². The summed E-state index contributed by atoms with van der Waals surface area (Å²) in [6.07, 6.45) is 1.43. The van der Waals surface area contributed by atoms with Crippen LogP contribution >= 0.6 is 0 Å². The maximum atomic E-state index is 12.2. The Labute approximate surface area is 163 Å². The molecule has 0 fully saturated rings. The summed E-state index contributed by atoms with van der Waals surface area (Å²) < 4.78 is 0. The van der Waals surface area contributed by atoms with Crippen LogP contribution in [-0.4, -0.2) is 24.0 Å². The topological polar surface area (TPSA) is 95.2 Å². The number of nitrogens with one attached hydrogen (secondary N) is 4. The third-order valence-corrected chi connectivity index (χ3v) is 4.06. The number of benzene rings is 2. The molecule has 0 aliphatic rings. The van der Waals surface area contributed by atoms with Gasteiger partial charge in [0.15, 0.2) is 0 Å². The lowest BCUT2D eigenvalue weighted by molar-refractivity contribution is 0.0963. The number of carbonyl (C=O) groups is 2. The molecule has 0 radical (unpaired) electrons. The van der Waals surface area contributed by atoms with Crippen LogP contribution in [0.4, 0.5) is 27.7 Å². The summed E-state index contributed by atoms with van der Waals surface area (Å²) in [5, 5.41) is 11.3. The summed E-state index contributed by atoms with van der Waals surface area (Å²) >= 11 is 0. The van der Waals surface area contributed by atoms with Gasteiger partial charge in [0, 0.05) is 30.7 Å². The van der Waals surface area contributed by atoms with Crippen LogP contribution < -0.4 is 21.3 Å². The van der Waals surface area contributed by atoms with Gasteiger partial charge in [0.05, 0.1) is 11.3 Å². The standard InChI is InChI=1S/C21H21N5O2/c1-14-8-6-7-11-17(14)25-18-12-19(23-13-16(18)20(27)22-2)26-21(28)24-15-9-4-3-5-10-15/h3-13H,1-2H3,(H,22,27)(H3,23,24,25,26,28). The van der Waals surface area contributed by atoms with Crippen molar-refractivity contribution in [2.24, 2.45) is 0 Å². The van der Waals surface area contributed by atoms with Gasteiger partial charge >= 0.3 is 6.03 Å². The first-order chi connectivity index (χ1) is 13.6. The molecule has 3 amide bonds. The smallest absolute Gasteiger partial charge is 0.324 e. The number of aromatic nitrogens is 1. The normalized spacial score (nSPS) is 10.1. The molecule has 0 unspecified atom stereocenters. The Morgan fingerprint density at radius 3 is 2.32 bits per heavy atom. The molecule has 0 bridgehead atoms. The monoisotopic (exact) mass is 375 g/mol. The second-order valence-electron chi connectivity index (χ2n) is 6.08. The Morgan fingerprint density at radius 2 is 1.61 bits per heavy atom. The average molecular weight is 375 g/mol. The van der Waals surface area contributed by atoms with Crippen molar-refractivity contribution in [2.75, 3.05) is 23.0 Å². The van der Waals surface area contributed by atoms with Gasteiger partial charge in [-0.05, 0) is 30.7 Å². The number of aryl methyl sites for hydroxylation is 1. The molecule has 0 saturated carbocycles. The summed E-state index contributed by atoms with van der Waals surface area (Å²) in [5.41, 5.74) is 3.47. The van der Waals surface area contributed by atoms with E-state index in [0.717, 1.165) is 11.3 Å². The van der Waals surface area contributed by atoms with Crippen molar-refractivity contribution in [1.82, 2.24) is 10.3 Å². The van der Waals surface area contributed by atoms with Crippen LogP contribution in [0.3, 0.4) is 0 Å². The van der Waals surface area contributed by atoms with Crippen molar-refractivity contribution >= 4 is 34.8 Å². The second-order valence-corrected chi connectivity index (χ2v) is 6.08. The number of carbonyl (C=O) groups excluding carboxylic acids is 2. The number of hydrogen-bond acceptors (Lipinski definition) is 4. The molecule has 1 heterocycles. The number of nitrogens with zero attached hydrogens (tertiary/aromatic N) is 1. The van der Waals surface area contributed by atoms with Crippen LogP contribution in [0, 0.1) is 6.92 Å². The number of rotatable bonds is 5. The molecule has 7 nitrogen and oxygen atoms in total. The van der Waals surface area contributed by atoms with Crippen molar-refractivity contribution in [3.8, 4) is 0 Å². The van der Waals surface area contributed by atoms with E-state index in [-0.39, 0.29) is 5.91 Å². The molecular weight excluding hydrogens is 354 g/mol. The predicted octanol–water partition coefficient (Wildman–Crippen LogP) is 4.14. The van der Waals surface area contributed by atoms with Gasteiger partial charge in [-0.1, -0.05) is 36.4 Å². The lowest BCUT2D eigenvalue weighted by atomic mass is 10.1. The minimum atomic E-state index is -0.423. The Morgan fingerprint density at radius 1 is 0.893 bits per heavy atom. The number of para-hydroxylation sites is 2. The van der Waals surface area contributed by atoms with Gasteiger partial charge in [-0.15, -0.1) is 0 Å². The Kier molecular flexibility index (Phi) is 5.86. The predicted molar refractivity (Wildman–Crippen MR) is 111 cm³/mol. The van der Waals surface area contributed by atoms with E-state index >= 15 is 0 Å². The molecular formula is C21H21N5O2. The van der Waals surface area contributed by atoms with Crippen LogP contribution in [0.2, 0.25) is 0 Å². The fourth-order valence-corrected chi connectivity index (χ4v) is 2.60. The summed E-state index contributed by atoms with van der Waals surface area (Å²) in [7, 11) is 1.55. The molecule has 0 aliphatic heterocycles. The molecule has 0 atom stereocenters. The van der Waals surface area contributed by atoms with Crippen molar-refractivity contribution < 1.29 is 9.59 Å². The molecule has 0 saturated heterocycles. The van der Waals surface area contributed by atoms with Crippen LogP contribution in [0.5, 0.6) is 0 Å². The maximum Gasteiger partial charge on any atom is 0.324 e. The quantitative estimate of drug-likeness (QED) is 0.539. The summed E-state index contributed by atoms with van der Waals surface area (Å²) in [5.74, 6) is 0.0426. The highest BCUT2D eigenvalue weighted by molar-refractivity contribution is 6.02. The van der Waals surface area contributed by atoms with Gasteiger partial charge in [-0.2, -0.15) is 0 Å². The van der Waals surface area contributed by atoms with E-state index in [1.54, 1.807) is 25.2 Å². The first-order valence-corrected chi connectivity index (χ1v) is 8.74. The summed E-state index contributed by atoms with van der Waals surface area (Å²) in [6.45, 7) is 1.97. The van der Waals surface area contributed by atoms with E-state index in [0.29, 0.717) is 22.8 Å². The van der Waals surface area contributed by atoms with Gasteiger partial charge in [0.25, 0.3) is 5.91 Å². The van der Waals surface area contributed by atoms with Crippen LogP contribution in [0.15, 0.2) is 66.9 Å². The lowest BCUT2D eigenvalue weighted by Crippen LogP contribution is -2.22. The maximum absolute atomic E-state index is 12.2. The van der Waals surface area contributed by atoms with E-state index in [2.05, 4.69) is 26.3 Å².